The van der Waals surface area contributed by atoms with Gasteiger partial charge in [0.25, 0.3) is 5.91 Å². The Labute approximate surface area is 186 Å². The molecule has 0 fully saturated rings. The molecule has 0 radical (unpaired) electrons. The van der Waals surface area contributed by atoms with E-state index >= 15 is 0 Å². The smallest absolute Gasteiger partial charge is 0.267 e. The van der Waals surface area contributed by atoms with Crippen molar-refractivity contribution in [2.75, 3.05) is 0 Å². The van der Waals surface area contributed by atoms with Crippen LogP contribution in [0.1, 0.15) is 34.8 Å². The Hall–Kier alpha value is -3.50. The van der Waals surface area contributed by atoms with E-state index in [0.29, 0.717) is 17.0 Å². The molecule has 0 unspecified atom stereocenters. The van der Waals surface area contributed by atoms with Gasteiger partial charge in [0.15, 0.2) is 0 Å². The first-order valence-electron chi connectivity index (χ1n) is 10.1. The Kier molecular flexibility index (Phi) is 6.10. The molecule has 0 aliphatic carbocycles. The van der Waals surface area contributed by atoms with Crippen LogP contribution in [0, 0.1) is 6.92 Å². The number of aromatic nitrogens is 1. The van der Waals surface area contributed by atoms with Gasteiger partial charge >= 0.3 is 0 Å². The minimum atomic E-state index is -0.271. The molecule has 1 amide bonds. The number of para-hydroxylation sites is 1. The van der Waals surface area contributed by atoms with Crippen LogP contribution in [0.25, 0.3) is 22.2 Å². The summed E-state index contributed by atoms with van der Waals surface area (Å²) in [6, 6.07) is 25.0. The highest BCUT2D eigenvalue weighted by molar-refractivity contribution is 6.30. The van der Waals surface area contributed by atoms with Crippen molar-refractivity contribution >= 4 is 34.1 Å². The zero-order chi connectivity index (χ0) is 21.8. The number of benzene rings is 3. The van der Waals surface area contributed by atoms with Crippen LogP contribution in [0.2, 0.25) is 5.02 Å². The Bertz CT molecular complexity index is 1260. The molecule has 0 aliphatic heterocycles. The average Bonchev–Trinajstić information content (AvgIpc) is 2.80. The van der Waals surface area contributed by atoms with Gasteiger partial charge in [0.1, 0.15) is 0 Å². The van der Waals surface area contributed by atoms with Gasteiger partial charge in [-0.1, -0.05) is 78.7 Å². The molecule has 4 aromatic rings. The summed E-state index contributed by atoms with van der Waals surface area (Å²) in [7, 11) is 0. The van der Waals surface area contributed by atoms with Crippen LogP contribution < -0.4 is 5.43 Å². The van der Waals surface area contributed by atoms with Crippen LogP contribution in [0.3, 0.4) is 0 Å². The molecule has 31 heavy (non-hydrogen) atoms. The van der Waals surface area contributed by atoms with E-state index in [1.807, 2.05) is 92.7 Å². The highest BCUT2D eigenvalue weighted by atomic mass is 35.5. The topological polar surface area (TPSA) is 54.4 Å². The summed E-state index contributed by atoms with van der Waals surface area (Å²) in [5.41, 5.74) is 8.63. The summed E-state index contributed by atoms with van der Waals surface area (Å²) in [4.78, 5) is 17.9. The number of amides is 1. The summed E-state index contributed by atoms with van der Waals surface area (Å²) < 4.78 is 0. The fourth-order valence-electron chi connectivity index (χ4n) is 3.40. The van der Waals surface area contributed by atoms with Gasteiger partial charge in [-0.2, -0.15) is 5.10 Å². The normalized spacial score (nSPS) is 11.5. The summed E-state index contributed by atoms with van der Waals surface area (Å²) in [6.07, 6.45) is 0.674. The maximum absolute atomic E-state index is 13.1. The van der Waals surface area contributed by atoms with Gasteiger partial charge in [-0.25, -0.2) is 10.4 Å². The monoisotopic (exact) mass is 427 g/mol. The quantitative estimate of drug-likeness (QED) is 0.295. The van der Waals surface area contributed by atoms with E-state index in [-0.39, 0.29) is 5.91 Å². The molecule has 4 nitrogen and oxygen atoms in total. The SMILES string of the molecule is CCC(=NNC(=O)c1cc(-c2ccc(C)cc2)nc2ccccc12)c1ccc(Cl)cc1. The first-order valence-corrected chi connectivity index (χ1v) is 10.5. The van der Waals surface area contributed by atoms with Gasteiger partial charge in [0, 0.05) is 16.0 Å². The molecule has 4 rings (SSSR count). The molecule has 0 bridgehead atoms. The Morgan fingerprint density at radius 1 is 1.00 bits per heavy atom. The third-order valence-electron chi connectivity index (χ3n) is 5.11. The summed E-state index contributed by atoms with van der Waals surface area (Å²) >= 11 is 5.98. The third-order valence-corrected chi connectivity index (χ3v) is 5.36. The predicted molar refractivity (Wildman–Crippen MR) is 128 cm³/mol. The van der Waals surface area contributed by atoms with Crippen molar-refractivity contribution in [3.8, 4) is 11.3 Å². The van der Waals surface area contributed by atoms with Crippen molar-refractivity contribution in [1.29, 1.82) is 0 Å². The van der Waals surface area contributed by atoms with E-state index in [1.54, 1.807) is 0 Å². The minimum absolute atomic E-state index is 0.271. The lowest BCUT2D eigenvalue weighted by atomic mass is 10.0. The number of hydrazone groups is 1. The molecule has 0 atom stereocenters. The number of rotatable bonds is 5. The number of carbonyl (C=O) groups is 1. The number of nitrogens with one attached hydrogen (secondary N) is 1. The lowest BCUT2D eigenvalue weighted by molar-refractivity contribution is 0.0956. The Morgan fingerprint density at radius 2 is 1.71 bits per heavy atom. The van der Waals surface area contributed by atoms with Gasteiger partial charge in [0.05, 0.1) is 22.5 Å². The second-order valence-electron chi connectivity index (χ2n) is 7.30. The number of halogens is 1. The lowest BCUT2D eigenvalue weighted by Gasteiger charge is -2.10. The number of nitrogens with zero attached hydrogens (tertiary/aromatic N) is 2. The van der Waals surface area contributed by atoms with Crippen LogP contribution in [0.4, 0.5) is 0 Å². The van der Waals surface area contributed by atoms with Gasteiger partial charge in [-0.3, -0.25) is 4.79 Å². The predicted octanol–water partition coefficient (Wildman–Crippen LogP) is 6.41. The number of hydrogen-bond donors (Lipinski definition) is 1. The van der Waals surface area contributed by atoms with E-state index in [2.05, 4.69) is 10.5 Å². The molecular formula is C26H22ClN3O. The van der Waals surface area contributed by atoms with Crippen LogP contribution >= 0.6 is 11.6 Å². The molecule has 1 aromatic heterocycles. The first-order chi connectivity index (χ1) is 15.0. The van der Waals surface area contributed by atoms with E-state index in [1.165, 1.54) is 5.56 Å². The number of aryl methyl sites for hydroxylation is 1. The van der Waals surface area contributed by atoms with Crippen molar-refractivity contribution in [3.05, 3.63) is 101 Å². The third kappa shape index (κ3) is 4.65. The van der Waals surface area contributed by atoms with Crippen molar-refractivity contribution in [2.45, 2.75) is 20.3 Å². The molecule has 0 saturated carbocycles. The Morgan fingerprint density at radius 3 is 2.42 bits per heavy atom. The highest BCUT2D eigenvalue weighted by Crippen LogP contribution is 2.25. The fourth-order valence-corrected chi connectivity index (χ4v) is 3.53. The Balaban J connectivity index is 1.71. The van der Waals surface area contributed by atoms with Crippen molar-refractivity contribution in [3.63, 3.8) is 0 Å². The van der Waals surface area contributed by atoms with Crippen LogP contribution in [-0.4, -0.2) is 16.6 Å². The second-order valence-corrected chi connectivity index (χ2v) is 7.73. The largest absolute Gasteiger partial charge is 0.272 e. The number of fused-ring (bicyclic) bond motifs is 1. The molecule has 3 aromatic carbocycles. The molecular weight excluding hydrogens is 406 g/mol. The molecule has 0 spiro atoms. The van der Waals surface area contributed by atoms with Gasteiger partial charge in [0.2, 0.25) is 0 Å². The van der Waals surface area contributed by atoms with Crippen molar-refractivity contribution < 1.29 is 4.79 Å². The molecule has 154 valence electrons. The minimum Gasteiger partial charge on any atom is -0.267 e. The van der Waals surface area contributed by atoms with E-state index in [9.17, 15) is 4.79 Å². The lowest BCUT2D eigenvalue weighted by Crippen LogP contribution is -2.20. The maximum Gasteiger partial charge on any atom is 0.272 e. The van der Waals surface area contributed by atoms with Crippen molar-refractivity contribution in [1.82, 2.24) is 10.4 Å². The number of carbonyl (C=O) groups excluding carboxylic acids is 1. The number of hydrogen-bond acceptors (Lipinski definition) is 3. The summed E-state index contributed by atoms with van der Waals surface area (Å²) in [5.74, 6) is -0.271. The van der Waals surface area contributed by atoms with Crippen LogP contribution in [0.5, 0.6) is 0 Å². The zero-order valence-corrected chi connectivity index (χ0v) is 18.1. The van der Waals surface area contributed by atoms with E-state index in [4.69, 9.17) is 16.6 Å². The molecule has 1 N–H and O–H groups in total. The average molecular weight is 428 g/mol. The molecule has 0 saturated heterocycles. The first kappa shape index (κ1) is 20.8. The van der Waals surface area contributed by atoms with Gasteiger partial charge < -0.3 is 0 Å². The summed E-state index contributed by atoms with van der Waals surface area (Å²) in [6.45, 7) is 4.04. The highest BCUT2D eigenvalue weighted by Gasteiger charge is 2.14. The molecule has 0 aliphatic rings. The number of pyridine rings is 1. The van der Waals surface area contributed by atoms with Crippen LogP contribution in [-0.2, 0) is 0 Å². The maximum atomic E-state index is 13.1. The summed E-state index contributed by atoms with van der Waals surface area (Å²) in [5, 5.41) is 5.84. The van der Waals surface area contributed by atoms with Crippen LogP contribution in [0.15, 0.2) is 84.0 Å². The van der Waals surface area contributed by atoms with E-state index < -0.39 is 0 Å². The van der Waals surface area contributed by atoms with Gasteiger partial charge in [-0.15, -0.1) is 0 Å². The fraction of sp³-hybridized carbons (Fsp3) is 0.115. The van der Waals surface area contributed by atoms with Crippen molar-refractivity contribution in [2.24, 2.45) is 5.10 Å². The molecule has 5 heteroatoms. The molecule has 1 heterocycles. The zero-order valence-electron chi connectivity index (χ0n) is 17.4. The standard InChI is InChI=1S/C26H22ClN3O/c1-3-23(18-12-14-20(27)15-13-18)29-30-26(31)22-16-25(19-10-8-17(2)9-11-19)28-24-7-5-4-6-21(22)24/h4-16H,3H2,1-2H3,(H,30,31). The second kappa shape index (κ2) is 9.11. The van der Waals surface area contributed by atoms with E-state index in [0.717, 1.165) is 33.4 Å². The van der Waals surface area contributed by atoms with Gasteiger partial charge in [-0.05, 0) is 43.2 Å².